The average molecular weight is 869 g/mol. The Morgan fingerprint density at radius 1 is 0.907 bits per heavy atom. The monoisotopic (exact) mass is 866 g/mol. The van der Waals surface area contributed by atoms with Crippen molar-refractivity contribution in [2.75, 3.05) is 37.6 Å². The number of halogens is 2. The number of hydrogen-bond acceptors (Lipinski definition) is 7. The van der Waals surface area contributed by atoms with Gasteiger partial charge in [-0.1, -0.05) is 18.2 Å². The minimum atomic E-state index is -1.05. The number of anilines is 1. The Hall–Kier alpha value is -4.50. The van der Waals surface area contributed by atoms with Gasteiger partial charge in [0, 0.05) is 63.3 Å². The van der Waals surface area contributed by atoms with Gasteiger partial charge in [0.1, 0.15) is 17.8 Å². The molecule has 5 rings (SSSR count). The van der Waals surface area contributed by atoms with Crippen molar-refractivity contribution in [3.8, 4) is 5.75 Å². The molecule has 54 heavy (non-hydrogen) atoms. The van der Waals surface area contributed by atoms with Gasteiger partial charge in [-0.2, -0.15) is 0 Å². The Labute approximate surface area is 333 Å². The summed E-state index contributed by atoms with van der Waals surface area (Å²) in [6.07, 6.45) is 8.04. The van der Waals surface area contributed by atoms with Crippen molar-refractivity contribution in [3.05, 3.63) is 87.1 Å². The first-order valence-corrected chi connectivity index (χ1v) is 19.9. The van der Waals surface area contributed by atoms with Crippen molar-refractivity contribution in [1.82, 2.24) is 25.4 Å². The molecule has 0 saturated carbocycles. The number of aromatic nitrogens is 1. The van der Waals surface area contributed by atoms with E-state index < -0.39 is 30.1 Å². The van der Waals surface area contributed by atoms with Gasteiger partial charge >= 0.3 is 12.1 Å². The first-order chi connectivity index (χ1) is 26.0. The fourth-order valence-corrected chi connectivity index (χ4v) is 8.53. The average Bonchev–Trinajstić information content (AvgIpc) is 3.18. The predicted molar refractivity (Wildman–Crippen MR) is 216 cm³/mol. The van der Waals surface area contributed by atoms with Crippen molar-refractivity contribution >= 4 is 68.1 Å². The Morgan fingerprint density at radius 3 is 2.15 bits per heavy atom. The molecule has 2 aliphatic heterocycles. The predicted octanol–water partition coefficient (Wildman–Crippen LogP) is 5.74. The molecule has 1 aromatic heterocycles. The molecule has 0 spiro atoms. The van der Waals surface area contributed by atoms with E-state index in [0.717, 1.165) is 19.3 Å². The molecule has 0 radical (unpaired) electrons. The number of amides is 6. The summed E-state index contributed by atoms with van der Waals surface area (Å²) in [6.45, 7) is 5.92. The van der Waals surface area contributed by atoms with Crippen LogP contribution in [-0.4, -0.2) is 101 Å². The third-order valence-corrected chi connectivity index (χ3v) is 11.4. The highest BCUT2D eigenvalue weighted by Crippen LogP contribution is 2.34. The number of primary amides is 1. The Bertz CT molecular complexity index is 1730. The van der Waals surface area contributed by atoms with Crippen LogP contribution in [0.5, 0.6) is 5.75 Å². The van der Waals surface area contributed by atoms with Crippen molar-refractivity contribution < 1.29 is 24.3 Å². The van der Waals surface area contributed by atoms with Crippen LogP contribution in [0.25, 0.3) is 0 Å². The van der Waals surface area contributed by atoms with Crippen LogP contribution in [0.2, 0.25) is 0 Å². The van der Waals surface area contributed by atoms with Gasteiger partial charge in [-0.15, -0.1) is 0 Å². The number of piperidine rings is 2. The maximum Gasteiger partial charge on any atom is 0.319 e. The highest BCUT2D eigenvalue weighted by molar-refractivity contribution is 9.11. The number of rotatable bonds is 14. The van der Waals surface area contributed by atoms with Gasteiger partial charge in [0.2, 0.25) is 11.8 Å². The number of nitrogens with one attached hydrogen (secondary N) is 2. The Balaban J connectivity index is 1.29. The van der Waals surface area contributed by atoms with Crippen LogP contribution in [0.1, 0.15) is 62.0 Å². The number of nitrogens with two attached hydrogens (primary N) is 1. The van der Waals surface area contributed by atoms with Crippen LogP contribution >= 0.6 is 31.9 Å². The van der Waals surface area contributed by atoms with Crippen molar-refractivity contribution in [2.45, 2.75) is 75.4 Å². The molecule has 13 nitrogen and oxygen atoms in total. The molecule has 2 fully saturated rings. The lowest BCUT2D eigenvalue weighted by Gasteiger charge is -2.38. The van der Waals surface area contributed by atoms with Crippen molar-refractivity contribution in [3.63, 3.8) is 0 Å². The molecule has 1 unspecified atom stereocenters. The summed E-state index contributed by atoms with van der Waals surface area (Å²) in [5.74, 6) is -0.300. The van der Waals surface area contributed by atoms with Crippen LogP contribution in [0, 0.1) is 0 Å². The number of likely N-dealkylation sites (tertiary alicyclic amines) is 2. The van der Waals surface area contributed by atoms with E-state index in [-0.39, 0.29) is 24.1 Å². The third-order valence-electron chi connectivity index (χ3n) is 10.2. The van der Waals surface area contributed by atoms with E-state index in [1.54, 1.807) is 34.3 Å². The molecule has 15 heteroatoms. The van der Waals surface area contributed by atoms with E-state index >= 15 is 0 Å². The lowest BCUT2D eigenvalue weighted by atomic mass is 9.89. The number of phenols is 1. The minimum absolute atomic E-state index is 0.0135. The number of phenolic OH excluding ortho intramolecular Hbond substituents is 1. The zero-order valence-electron chi connectivity index (χ0n) is 30.2. The number of benzene rings is 2. The summed E-state index contributed by atoms with van der Waals surface area (Å²) < 4.78 is 0.854. The van der Waals surface area contributed by atoms with Crippen LogP contribution in [0.4, 0.5) is 15.3 Å². The molecular weight excluding hydrogens is 820 g/mol. The molecule has 3 aromatic rings. The van der Waals surface area contributed by atoms with Gasteiger partial charge in [0.15, 0.2) is 0 Å². The van der Waals surface area contributed by atoms with E-state index in [0.29, 0.717) is 84.5 Å². The second-order valence-corrected chi connectivity index (χ2v) is 15.5. The largest absolute Gasteiger partial charge is 0.506 e. The third kappa shape index (κ3) is 10.8. The number of carbonyl (C=O) groups is 4. The standard InChI is InChI=1S/C39H48Br2N8O5/c1-43-16-6-5-9-33(37(52)47-19-12-28(13-20-47)27-10-17-44-18-11-27)45-36(51)34(25-26-23-31(40)35(50)32(41)24-26)46-39(54)48-21-14-30(15-22-48)49(38(42)53)29-7-3-2-4-8-29/h2-4,7-8,10-11,17-18,23-24,28,30,33-34,50H,1,5-6,9,12-16,19-22,25H2,(H2,42,53)(H,45,51)(H,46,54)/t33?,34-/m1/s1. The Morgan fingerprint density at radius 2 is 1.54 bits per heavy atom. The first kappa shape index (κ1) is 40.7. The highest BCUT2D eigenvalue weighted by atomic mass is 79.9. The summed E-state index contributed by atoms with van der Waals surface area (Å²) >= 11 is 6.73. The fraction of sp³-hybridized carbons (Fsp3) is 0.436. The molecular formula is C39H48Br2N8O5. The number of urea groups is 2. The summed E-state index contributed by atoms with van der Waals surface area (Å²) in [5.41, 5.74) is 8.34. The maximum absolute atomic E-state index is 14.2. The molecule has 3 heterocycles. The lowest BCUT2D eigenvalue weighted by molar-refractivity contribution is -0.138. The zero-order valence-corrected chi connectivity index (χ0v) is 33.4. The highest BCUT2D eigenvalue weighted by Gasteiger charge is 2.34. The molecule has 2 atom stereocenters. The topological polar surface area (TPSA) is 174 Å². The van der Waals surface area contributed by atoms with Crippen molar-refractivity contribution in [2.24, 2.45) is 10.7 Å². The normalized spacial score (nSPS) is 16.3. The molecule has 5 N–H and O–H groups in total. The molecule has 0 bridgehead atoms. The van der Waals surface area contributed by atoms with Crippen molar-refractivity contribution in [1.29, 1.82) is 0 Å². The van der Waals surface area contributed by atoms with Gasteiger partial charge in [-0.05, 0) is 137 Å². The van der Waals surface area contributed by atoms with E-state index in [4.69, 9.17) is 5.73 Å². The van der Waals surface area contributed by atoms with Crippen LogP contribution in [0.3, 0.4) is 0 Å². The van der Waals surface area contributed by atoms with Gasteiger partial charge in [-0.3, -0.25) is 19.5 Å². The minimum Gasteiger partial charge on any atom is -0.506 e. The maximum atomic E-state index is 14.2. The van der Waals surface area contributed by atoms with Gasteiger partial charge < -0.3 is 36.3 Å². The number of aromatic hydroxyl groups is 1. The van der Waals surface area contributed by atoms with Gasteiger partial charge in [0.05, 0.1) is 8.95 Å². The summed E-state index contributed by atoms with van der Waals surface area (Å²) in [5, 5.41) is 16.3. The van der Waals surface area contributed by atoms with E-state index in [1.807, 2.05) is 47.4 Å². The van der Waals surface area contributed by atoms with Crippen LogP contribution < -0.4 is 21.3 Å². The first-order valence-electron chi connectivity index (χ1n) is 18.3. The lowest BCUT2D eigenvalue weighted by Crippen LogP contribution is -2.58. The van der Waals surface area contributed by atoms with E-state index in [9.17, 15) is 24.3 Å². The smallest absolute Gasteiger partial charge is 0.319 e. The fourth-order valence-electron chi connectivity index (χ4n) is 7.25. The molecule has 2 aliphatic rings. The van der Waals surface area contributed by atoms with Gasteiger partial charge in [0.25, 0.3) is 0 Å². The number of hydrogen-bond donors (Lipinski definition) is 4. The number of nitrogens with zero attached hydrogens (tertiary/aromatic N) is 5. The number of carbonyl (C=O) groups excluding carboxylic acids is 4. The quantitative estimate of drug-likeness (QED) is 0.119. The second kappa shape index (κ2) is 19.7. The summed E-state index contributed by atoms with van der Waals surface area (Å²) in [7, 11) is 0. The van der Waals surface area contributed by atoms with Gasteiger partial charge in [-0.25, -0.2) is 9.59 Å². The van der Waals surface area contributed by atoms with Crippen LogP contribution in [0.15, 0.2) is 80.9 Å². The number of unbranched alkanes of at least 4 members (excludes halogenated alkanes) is 1. The number of pyridine rings is 1. The number of aliphatic imine (C=N–C) groups is 1. The van der Waals surface area contributed by atoms with E-state index in [1.165, 1.54) is 5.56 Å². The number of para-hydroxylation sites is 1. The second-order valence-electron chi connectivity index (χ2n) is 13.8. The summed E-state index contributed by atoms with van der Waals surface area (Å²) in [4.78, 5) is 67.6. The molecule has 288 valence electrons. The summed E-state index contributed by atoms with van der Waals surface area (Å²) in [6, 6.07) is 13.6. The molecule has 6 amide bonds. The van der Waals surface area contributed by atoms with E-state index in [2.05, 4.69) is 59.2 Å². The SMILES string of the molecule is C=NCCCCC(NC(=O)[C@@H](Cc1cc(Br)c(O)c(Br)c1)NC(=O)N1CCC(N(C(N)=O)c2ccccc2)CC1)C(=O)N1CCC(c2ccncc2)CC1. The molecule has 2 saturated heterocycles. The zero-order chi connectivity index (χ0) is 38.6. The van der Waals surface area contributed by atoms with Crippen LogP contribution in [-0.2, 0) is 16.0 Å². The molecule has 0 aliphatic carbocycles. The Kier molecular flexibility index (Phi) is 14.9. The molecule has 2 aromatic carbocycles.